The van der Waals surface area contributed by atoms with Gasteiger partial charge in [0.05, 0.1) is 6.10 Å². The molecule has 0 fully saturated rings. The fourth-order valence-corrected chi connectivity index (χ4v) is 1.90. The van der Waals surface area contributed by atoms with Crippen LogP contribution in [0, 0.1) is 11.8 Å². The molecule has 0 aliphatic heterocycles. The number of ether oxygens (including phenoxy) is 2. The molecule has 0 aromatic rings. The average Bonchev–Trinajstić information content (AvgIpc) is 2.29. The van der Waals surface area contributed by atoms with Crippen molar-refractivity contribution >= 4 is 0 Å². The van der Waals surface area contributed by atoms with Gasteiger partial charge >= 0.3 is 0 Å². The molecule has 0 saturated carbocycles. The van der Waals surface area contributed by atoms with Crippen LogP contribution in [0.1, 0.15) is 46.5 Å². The van der Waals surface area contributed by atoms with Gasteiger partial charge in [-0.15, -0.1) is 6.58 Å². The predicted octanol–water partition coefficient (Wildman–Crippen LogP) is 4.01. The van der Waals surface area contributed by atoms with E-state index in [1.54, 1.807) is 7.11 Å². The molecular formula is C14H28O2. The van der Waals surface area contributed by atoms with Crippen LogP contribution in [0.3, 0.4) is 0 Å². The predicted molar refractivity (Wildman–Crippen MR) is 69.4 cm³/mol. The Kier molecular flexibility index (Phi) is 9.65. The lowest BCUT2D eigenvalue weighted by molar-refractivity contribution is -0.0987. The zero-order valence-corrected chi connectivity index (χ0v) is 11.4. The topological polar surface area (TPSA) is 18.5 Å². The van der Waals surface area contributed by atoms with Gasteiger partial charge in [-0.2, -0.15) is 0 Å². The van der Waals surface area contributed by atoms with Crippen LogP contribution in [-0.4, -0.2) is 20.0 Å². The molecule has 0 aromatic carbocycles. The van der Waals surface area contributed by atoms with Crippen molar-refractivity contribution in [1.29, 1.82) is 0 Å². The Hall–Kier alpha value is -0.340. The van der Waals surface area contributed by atoms with Gasteiger partial charge in [0.2, 0.25) is 0 Å². The Balaban J connectivity index is 4.16. The molecule has 0 heterocycles. The van der Waals surface area contributed by atoms with E-state index in [4.69, 9.17) is 9.47 Å². The number of hydrogen-bond acceptors (Lipinski definition) is 2. The minimum absolute atomic E-state index is 0.315. The number of hydrogen-bond donors (Lipinski definition) is 0. The van der Waals surface area contributed by atoms with E-state index < -0.39 is 0 Å². The van der Waals surface area contributed by atoms with Crippen LogP contribution in [0.5, 0.6) is 0 Å². The standard InChI is InChI=1S/C14H28O2/c1-6-8-10-14(16-11-15-5)13(4)12(3)9-7-2/h7,12-14H,2,6,8-11H2,1,3-5H3/t12-,13-,14-/m0/s1. The van der Waals surface area contributed by atoms with Gasteiger partial charge in [-0.1, -0.05) is 39.7 Å². The summed E-state index contributed by atoms with van der Waals surface area (Å²) in [7, 11) is 1.68. The number of rotatable bonds is 10. The summed E-state index contributed by atoms with van der Waals surface area (Å²) in [5.41, 5.74) is 0. The molecule has 0 N–H and O–H groups in total. The Bertz CT molecular complexity index is 160. The summed E-state index contributed by atoms with van der Waals surface area (Å²) in [6, 6.07) is 0. The maximum Gasteiger partial charge on any atom is 0.146 e. The molecule has 0 radical (unpaired) electrons. The van der Waals surface area contributed by atoms with Crippen molar-refractivity contribution in [2.75, 3.05) is 13.9 Å². The summed E-state index contributed by atoms with van der Waals surface area (Å²) >= 11 is 0. The largest absolute Gasteiger partial charge is 0.359 e. The van der Waals surface area contributed by atoms with Gasteiger partial charge in [0.25, 0.3) is 0 Å². The van der Waals surface area contributed by atoms with Gasteiger partial charge in [0.1, 0.15) is 6.79 Å². The summed E-state index contributed by atoms with van der Waals surface area (Å²) < 4.78 is 10.8. The van der Waals surface area contributed by atoms with Gasteiger partial charge in [-0.3, -0.25) is 0 Å². The van der Waals surface area contributed by atoms with Crippen LogP contribution in [0.2, 0.25) is 0 Å². The SMILES string of the molecule is C=CC[C@H](C)[C@H](C)[C@H](CCCC)OCOC. The lowest BCUT2D eigenvalue weighted by Gasteiger charge is -2.28. The molecule has 0 unspecified atom stereocenters. The molecule has 0 aromatic heterocycles. The lowest BCUT2D eigenvalue weighted by Crippen LogP contribution is -2.27. The van der Waals surface area contributed by atoms with Crippen molar-refractivity contribution < 1.29 is 9.47 Å². The van der Waals surface area contributed by atoms with Crippen LogP contribution in [0.25, 0.3) is 0 Å². The monoisotopic (exact) mass is 228 g/mol. The summed E-state index contributed by atoms with van der Waals surface area (Å²) in [6.07, 6.45) is 6.93. The molecule has 16 heavy (non-hydrogen) atoms. The highest BCUT2D eigenvalue weighted by atomic mass is 16.7. The Morgan fingerprint density at radius 1 is 1.31 bits per heavy atom. The third-order valence-corrected chi connectivity index (χ3v) is 3.26. The molecule has 0 aliphatic carbocycles. The molecule has 0 rings (SSSR count). The first kappa shape index (κ1) is 15.7. The highest BCUT2D eigenvalue weighted by molar-refractivity contribution is 4.78. The van der Waals surface area contributed by atoms with Crippen molar-refractivity contribution in [2.24, 2.45) is 11.8 Å². The van der Waals surface area contributed by atoms with E-state index in [2.05, 4.69) is 27.4 Å². The summed E-state index contributed by atoms with van der Waals surface area (Å²) in [4.78, 5) is 0. The third kappa shape index (κ3) is 6.29. The van der Waals surface area contributed by atoms with E-state index >= 15 is 0 Å². The molecule has 0 bridgehead atoms. The fourth-order valence-electron chi connectivity index (χ4n) is 1.90. The molecule has 0 saturated heterocycles. The van der Waals surface area contributed by atoms with Gasteiger partial charge < -0.3 is 9.47 Å². The lowest BCUT2D eigenvalue weighted by atomic mass is 9.86. The van der Waals surface area contributed by atoms with Gasteiger partial charge in [-0.25, -0.2) is 0 Å². The normalized spacial score (nSPS) is 16.8. The fraction of sp³-hybridized carbons (Fsp3) is 0.857. The molecule has 3 atom stereocenters. The maximum atomic E-state index is 5.77. The van der Waals surface area contributed by atoms with Crippen molar-refractivity contribution in [3.63, 3.8) is 0 Å². The molecule has 2 nitrogen and oxygen atoms in total. The van der Waals surface area contributed by atoms with Crippen molar-refractivity contribution in [3.8, 4) is 0 Å². The Morgan fingerprint density at radius 3 is 2.50 bits per heavy atom. The molecular weight excluding hydrogens is 200 g/mol. The highest BCUT2D eigenvalue weighted by Crippen LogP contribution is 2.24. The highest BCUT2D eigenvalue weighted by Gasteiger charge is 2.22. The number of unbranched alkanes of at least 4 members (excludes halogenated alkanes) is 1. The molecule has 0 aliphatic rings. The molecule has 0 spiro atoms. The van der Waals surface area contributed by atoms with E-state index in [-0.39, 0.29) is 0 Å². The second-order valence-electron chi connectivity index (χ2n) is 4.61. The first-order chi connectivity index (χ1) is 7.67. The van der Waals surface area contributed by atoms with Gasteiger partial charge in [0.15, 0.2) is 0 Å². The zero-order valence-electron chi connectivity index (χ0n) is 11.4. The smallest absolute Gasteiger partial charge is 0.146 e. The summed E-state index contributed by atoms with van der Waals surface area (Å²) in [6.45, 7) is 11.0. The maximum absolute atomic E-state index is 5.77. The Labute approximate surface area is 101 Å². The van der Waals surface area contributed by atoms with Crippen LogP contribution >= 0.6 is 0 Å². The average molecular weight is 228 g/mol. The molecule has 0 amide bonds. The first-order valence-electron chi connectivity index (χ1n) is 6.38. The number of allylic oxidation sites excluding steroid dienone is 1. The van der Waals surface area contributed by atoms with Gasteiger partial charge in [-0.05, 0) is 24.7 Å². The van der Waals surface area contributed by atoms with E-state index in [0.717, 1.165) is 12.8 Å². The van der Waals surface area contributed by atoms with Crippen LogP contribution in [-0.2, 0) is 9.47 Å². The quantitative estimate of drug-likeness (QED) is 0.415. The van der Waals surface area contributed by atoms with E-state index in [1.807, 2.05) is 6.08 Å². The van der Waals surface area contributed by atoms with E-state index in [1.165, 1.54) is 12.8 Å². The summed E-state index contributed by atoms with van der Waals surface area (Å²) in [5.74, 6) is 1.18. The van der Waals surface area contributed by atoms with Crippen LogP contribution < -0.4 is 0 Å². The minimum Gasteiger partial charge on any atom is -0.359 e. The van der Waals surface area contributed by atoms with E-state index in [9.17, 15) is 0 Å². The zero-order chi connectivity index (χ0) is 12.4. The van der Waals surface area contributed by atoms with E-state index in [0.29, 0.717) is 24.7 Å². The molecule has 96 valence electrons. The second-order valence-corrected chi connectivity index (χ2v) is 4.61. The van der Waals surface area contributed by atoms with Crippen molar-refractivity contribution in [1.82, 2.24) is 0 Å². The summed E-state index contributed by atoms with van der Waals surface area (Å²) in [5, 5.41) is 0. The van der Waals surface area contributed by atoms with Crippen LogP contribution in [0.15, 0.2) is 12.7 Å². The third-order valence-electron chi connectivity index (χ3n) is 3.26. The van der Waals surface area contributed by atoms with Crippen molar-refractivity contribution in [3.05, 3.63) is 12.7 Å². The minimum atomic E-state index is 0.315. The van der Waals surface area contributed by atoms with Crippen molar-refractivity contribution in [2.45, 2.75) is 52.6 Å². The van der Waals surface area contributed by atoms with Crippen LogP contribution in [0.4, 0.5) is 0 Å². The number of methoxy groups -OCH3 is 1. The second kappa shape index (κ2) is 9.86. The van der Waals surface area contributed by atoms with Gasteiger partial charge in [0, 0.05) is 7.11 Å². The Morgan fingerprint density at radius 2 is 2.00 bits per heavy atom. The first-order valence-corrected chi connectivity index (χ1v) is 6.38. The molecule has 2 heteroatoms.